The van der Waals surface area contributed by atoms with E-state index in [1.165, 1.54) is 0 Å². The second-order valence-corrected chi connectivity index (χ2v) is 4.66. The highest BCUT2D eigenvalue weighted by molar-refractivity contribution is 5.95. The highest BCUT2D eigenvalue weighted by Crippen LogP contribution is 2.16. The Morgan fingerprint density at radius 2 is 2.24 bits per heavy atom. The fourth-order valence-electron chi connectivity index (χ4n) is 2.40. The fourth-order valence-corrected chi connectivity index (χ4v) is 2.40. The summed E-state index contributed by atoms with van der Waals surface area (Å²) in [6.07, 6.45) is 2.93. The number of carbonyl (C=O) groups is 1. The number of nitrogens with two attached hydrogens (primary N) is 1. The van der Waals surface area contributed by atoms with E-state index < -0.39 is 0 Å². The third-order valence-electron chi connectivity index (χ3n) is 3.37. The number of aryl methyl sites for hydroxylation is 1. The molecule has 0 spiro atoms. The van der Waals surface area contributed by atoms with Crippen LogP contribution in [0, 0.1) is 0 Å². The van der Waals surface area contributed by atoms with Gasteiger partial charge in [0.15, 0.2) is 0 Å². The van der Waals surface area contributed by atoms with Crippen LogP contribution in [0.3, 0.4) is 0 Å². The first-order valence-corrected chi connectivity index (χ1v) is 6.35. The Morgan fingerprint density at radius 3 is 2.94 bits per heavy atom. The molecule has 0 aliphatic carbocycles. The van der Waals surface area contributed by atoms with E-state index in [1.54, 1.807) is 0 Å². The number of likely N-dealkylation sites (tertiary alicyclic amines) is 1. The van der Waals surface area contributed by atoms with Crippen LogP contribution in [-0.4, -0.2) is 29.9 Å². The molecule has 1 atom stereocenters. The lowest BCUT2D eigenvalue weighted by molar-refractivity contribution is 0.0707. The zero-order chi connectivity index (χ0) is 12.3. The van der Waals surface area contributed by atoms with Crippen molar-refractivity contribution in [1.82, 2.24) is 4.90 Å². The van der Waals surface area contributed by atoms with Gasteiger partial charge in [0.25, 0.3) is 5.91 Å². The molecular weight excluding hydrogens is 212 g/mol. The molecule has 2 rings (SSSR count). The Balaban J connectivity index is 2.18. The van der Waals surface area contributed by atoms with E-state index in [2.05, 4.69) is 6.92 Å². The molecule has 1 aliphatic heterocycles. The fraction of sp³-hybridized carbons (Fsp3) is 0.500. The van der Waals surface area contributed by atoms with Crippen molar-refractivity contribution in [3.05, 3.63) is 35.4 Å². The molecule has 0 radical (unpaired) electrons. The van der Waals surface area contributed by atoms with Crippen LogP contribution in [0.15, 0.2) is 24.3 Å². The van der Waals surface area contributed by atoms with Crippen LogP contribution in [0.5, 0.6) is 0 Å². The van der Waals surface area contributed by atoms with Crippen molar-refractivity contribution >= 4 is 5.91 Å². The maximum absolute atomic E-state index is 12.4. The molecule has 2 N–H and O–H groups in total. The molecule has 1 aromatic rings. The van der Waals surface area contributed by atoms with Gasteiger partial charge in [0, 0.05) is 24.7 Å². The number of piperidine rings is 1. The second kappa shape index (κ2) is 5.32. The summed E-state index contributed by atoms with van der Waals surface area (Å²) in [6, 6.07) is 7.99. The molecule has 0 aromatic heterocycles. The monoisotopic (exact) mass is 232 g/mol. The average Bonchev–Trinajstić information content (AvgIpc) is 2.38. The van der Waals surface area contributed by atoms with Gasteiger partial charge in [0.2, 0.25) is 0 Å². The lowest BCUT2D eigenvalue weighted by atomic mass is 10.0. The normalized spacial score (nSPS) is 20.4. The summed E-state index contributed by atoms with van der Waals surface area (Å²) in [5.41, 5.74) is 7.88. The van der Waals surface area contributed by atoms with Gasteiger partial charge in [-0.25, -0.2) is 0 Å². The van der Waals surface area contributed by atoms with Gasteiger partial charge in [0.1, 0.15) is 0 Å². The first-order valence-electron chi connectivity index (χ1n) is 6.35. The van der Waals surface area contributed by atoms with Gasteiger partial charge in [0.05, 0.1) is 0 Å². The van der Waals surface area contributed by atoms with E-state index in [1.807, 2.05) is 29.2 Å². The predicted molar refractivity (Wildman–Crippen MR) is 68.9 cm³/mol. The van der Waals surface area contributed by atoms with Crippen molar-refractivity contribution in [2.45, 2.75) is 32.2 Å². The molecule has 1 saturated heterocycles. The van der Waals surface area contributed by atoms with Gasteiger partial charge in [-0.2, -0.15) is 0 Å². The number of hydrogen-bond donors (Lipinski definition) is 1. The van der Waals surface area contributed by atoms with Gasteiger partial charge < -0.3 is 10.6 Å². The Kier molecular flexibility index (Phi) is 3.79. The smallest absolute Gasteiger partial charge is 0.254 e. The van der Waals surface area contributed by atoms with E-state index >= 15 is 0 Å². The second-order valence-electron chi connectivity index (χ2n) is 4.66. The zero-order valence-corrected chi connectivity index (χ0v) is 10.4. The average molecular weight is 232 g/mol. The minimum absolute atomic E-state index is 0.137. The molecule has 1 aliphatic rings. The maximum atomic E-state index is 12.4. The largest absolute Gasteiger partial charge is 0.337 e. The Labute approximate surface area is 103 Å². The minimum atomic E-state index is 0.137. The summed E-state index contributed by atoms with van der Waals surface area (Å²) in [5.74, 6) is 0.137. The van der Waals surface area contributed by atoms with Crippen LogP contribution < -0.4 is 5.73 Å². The molecule has 1 heterocycles. The third kappa shape index (κ3) is 2.67. The van der Waals surface area contributed by atoms with Gasteiger partial charge in [-0.05, 0) is 30.9 Å². The molecular formula is C14H20N2O. The van der Waals surface area contributed by atoms with E-state index in [-0.39, 0.29) is 11.9 Å². The summed E-state index contributed by atoms with van der Waals surface area (Å²) in [5, 5.41) is 0. The zero-order valence-electron chi connectivity index (χ0n) is 10.4. The lowest BCUT2D eigenvalue weighted by Crippen LogP contribution is -2.45. The number of benzene rings is 1. The Bertz CT molecular complexity index is 403. The van der Waals surface area contributed by atoms with E-state index in [0.29, 0.717) is 6.54 Å². The molecule has 0 saturated carbocycles. The quantitative estimate of drug-likeness (QED) is 0.845. The van der Waals surface area contributed by atoms with Crippen molar-refractivity contribution in [3.63, 3.8) is 0 Å². The number of carbonyl (C=O) groups excluding carboxylic acids is 1. The molecule has 1 aromatic carbocycles. The number of rotatable bonds is 2. The van der Waals surface area contributed by atoms with Gasteiger partial charge in [-0.3, -0.25) is 4.79 Å². The predicted octanol–water partition coefficient (Wildman–Crippen LogP) is 1.81. The van der Waals surface area contributed by atoms with Crippen LogP contribution in [0.25, 0.3) is 0 Å². The van der Waals surface area contributed by atoms with Crippen molar-refractivity contribution in [3.8, 4) is 0 Å². The SMILES string of the molecule is CCc1ccccc1C(=O)N1CCC[C@@H](N)C1. The van der Waals surface area contributed by atoms with Crippen molar-refractivity contribution in [1.29, 1.82) is 0 Å². The summed E-state index contributed by atoms with van der Waals surface area (Å²) in [6.45, 7) is 3.61. The third-order valence-corrected chi connectivity index (χ3v) is 3.37. The van der Waals surface area contributed by atoms with Crippen molar-refractivity contribution in [2.24, 2.45) is 5.73 Å². The summed E-state index contributed by atoms with van der Waals surface area (Å²) >= 11 is 0. The minimum Gasteiger partial charge on any atom is -0.337 e. The number of nitrogens with zero attached hydrogens (tertiary/aromatic N) is 1. The van der Waals surface area contributed by atoms with Gasteiger partial charge in [-0.15, -0.1) is 0 Å². The molecule has 3 heteroatoms. The molecule has 1 fully saturated rings. The van der Waals surface area contributed by atoms with Gasteiger partial charge in [-0.1, -0.05) is 25.1 Å². The van der Waals surface area contributed by atoms with Crippen molar-refractivity contribution < 1.29 is 4.79 Å². The lowest BCUT2D eigenvalue weighted by Gasteiger charge is -2.31. The van der Waals surface area contributed by atoms with Crippen LogP contribution in [0.1, 0.15) is 35.7 Å². The summed E-state index contributed by atoms with van der Waals surface area (Å²) in [4.78, 5) is 14.3. The van der Waals surface area contributed by atoms with Crippen molar-refractivity contribution in [2.75, 3.05) is 13.1 Å². The highest BCUT2D eigenvalue weighted by atomic mass is 16.2. The Morgan fingerprint density at radius 1 is 1.47 bits per heavy atom. The first-order chi connectivity index (χ1) is 8.22. The van der Waals surface area contributed by atoms with E-state index in [0.717, 1.165) is 36.9 Å². The first kappa shape index (κ1) is 12.1. The van der Waals surface area contributed by atoms with Crippen LogP contribution in [0.2, 0.25) is 0 Å². The van der Waals surface area contributed by atoms with Crippen LogP contribution in [-0.2, 0) is 6.42 Å². The number of hydrogen-bond acceptors (Lipinski definition) is 2. The molecule has 1 amide bonds. The van der Waals surface area contributed by atoms with Crippen LogP contribution in [0.4, 0.5) is 0 Å². The summed E-state index contributed by atoms with van der Waals surface area (Å²) in [7, 11) is 0. The maximum Gasteiger partial charge on any atom is 0.254 e. The van der Waals surface area contributed by atoms with Gasteiger partial charge >= 0.3 is 0 Å². The molecule has 17 heavy (non-hydrogen) atoms. The molecule has 0 unspecified atom stereocenters. The molecule has 0 bridgehead atoms. The standard InChI is InChI=1S/C14H20N2O/c1-2-11-6-3-4-8-13(11)14(17)16-9-5-7-12(15)10-16/h3-4,6,8,12H,2,5,7,9-10,15H2,1H3/t12-/m1/s1. The van der Waals surface area contributed by atoms with E-state index in [9.17, 15) is 4.79 Å². The Hall–Kier alpha value is -1.35. The number of amides is 1. The van der Waals surface area contributed by atoms with E-state index in [4.69, 9.17) is 5.73 Å². The topological polar surface area (TPSA) is 46.3 Å². The molecule has 92 valence electrons. The summed E-state index contributed by atoms with van der Waals surface area (Å²) < 4.78 is 0. The van der Waals surface area contributed by atoms with Crippen LogP contribution >= 0.6 is 0 Å². The highest BCUT2D eigenvalue weighted by Gasteiger charge is 2.23. The molecule has 3 nitrogen and oxygen atoms in total.